The van der Waals surface area contributed by atoms with Gasteiger partial charge in [-0.2, -0.15) is 0 Å². The summed E-state index contributed by atoms with van der Waals surface area (Å²) in [5, 5.41) is 0. The highest BCUT2D eigenvalue weighted by Crippen LogP contribution is 2.22. The number of para-hydroxylation sites is 1. The number of ether oxygens (including phenoxy) is 1. The lowest BCUT2D eigenvalue weighted by Crippen LogP contribution is -2.43. The van der Waals surface area contributed by atoms with Gasteiger partial charge < -0.3 is 4.74 Å². The maximum Gasteiger partial charge on any atom is 0.214 e. The molecule has 4 nitrogen and oxygen atoms in total. The van der Waals surface area contributed by atoms with Crippen LogP contribution in [0.1, 0.15) is 39.5 Å². The van der Waals surface area contributed by atoms with E-state index >= 15 is 0 Å². The second kappa shape index (κ2) is 8.69. The third kappa shape index (κ3) is 5.81. The predicted octanol–water partition coefficient (Wildman–Crippen LogP) is 3.54. The van der Waals surface area contributed by atoms with Crippen LogP contribution < -0.4 is 4.74 Å². The number of rotatable bonds is 8. The monoisotopic (exact) mass is 339 g/mol. The van der Waals surface area contributed by atoms with Gasteiger partial charge >= 0.3 is 0 Å². The van der Waals surface area contributed by atoms with Crippen molar-refractivity contribution in [1.82, 2.24) is 4.31 Å². The summed E-state index contributed by atoms with van der Waals surface area (Å²) < 4.78 is 32.6. The summed E-state index contributed by atoms with van der Waals surface area (Å²) in [6.07, 6.45) is 3.95. The number of hydrogen-bond donors (Lipinski definition) is 0. The smallest absolute Gasteiger partial charge is 0.214 e. The van der Waals surface area contributed by atoms with Gasteiger partial charge in [0, 0.05) is 19.0 Å². The number of sulfonamides is 1. The average Bonchev–Trinajstić information content (AvgIpc) is 2.54. The van der Waals surface area contributed by atoms with Crippen LogP contribution in [0.15, 0.2) is 30.3 Å². The van der Waals surface area contributed by atoms with Crippen LogP contribution in [0.3, 0.4) is 0 Å². The number of benzene rings is 1. The summed E-state index contributed by atoms with van der Waals surface area (Å²) in [7, 11) is -3.14. The van der Waals surface area contributed by atoms with Gasteiger partial charge in [0.15, 0.2) is 0 Å². The summed E-state index contributed by atoms with van der Waals surface area (Å²) in [4.78, 5) is 0. The fraction of sp³-hybridized carbons (Fsp3) is 0.667. The normalized spacial score (nSPS) is 21.0. The molecule has 1 saturated heterocycles. The highest BCUT2D eigenvalue weighted by Gasteiger charge is 2.30. The van der Waals surface area contributed by atoms with Gasteiger partial charge in [-0.25, -0.2) is 12.7 Å². The molecule has 0 saturated carbocycles. The van der Waals surface area contributed by atoms with Gasteiger partial charge in [-0.15, -0.1) is 0 Å². The molecule has 2 unspecified atom stereocenters. The van der Waals surface area contributed by atoms with Gasteiger partial charge in [-0.05, 0) is 37.3 Å². The van der Waals surface area contributed by atoms with Gasteiger partial charge in [-0.3, -0.25) is 0 Å². The third-order valence-electron chi connectivity index (χ3n) is 4.38. The second-order valence-corrected chi connectivity index (χ2v) is 8.68. The van der Waals surface area contributed by atoms with E-state index in [1.165, 1.54) is 0 Å². The van der Waals surface area contributed by atoms with E-state index in [4.69, 9.17) is 4.74 Å². The first-order chi connectivity index (χ1) is 11.0. The number of nitrogens with zero attached hydrogens (tertiary/aromatic N) is 1. The molecule has 1 fully saturated rings. The topological polar surface area (TPSA) is 46.6 Å². The van der Waals surface area contributed by atoms with Crippen LogP contribution >= 0.6 is 0 Å². The van der Waals surface area contributed by atoms with E-state index in [0.717, 1.165) is 31.4 Å². The fourth-order valence-corrected chi connectivity index (χ4v) is 5.13. The Labute approximate surface area is 140 Å². The lowest BCUT2D eigenvalue weighted by atomic mass is 10.0. The molecule has 0 radical (unpaired) electrons. The van der Waals surface area contributed by atoms with Crippen molar-refractivity contribution in [3.05, 3.63) is 30.3 Å². The lowest BCUT2D eigenvalue weighted by Gasteiger charge is -2.32. The van der Waals surface area contributed by atoms with E-state index in [9.17, 15) is 8.42 Å². The highest BCUT2D eigenvalue weighted by molar-refractivity contribution is 7.89. The van der Waals surface area contributed by atoms with Crippen molar-refractivity contribution in [1.29, 1.82) is 0 Å². The molecule has 0 spiro atoms. The minimum Gasteiger partial charge on any atom is -0.493 e. The number of hydrogen-bond acceptors (Lipinski definition) is 3. The minimum absolute atomic E-state index is 0.228. The van der Waals surface area contributed by atoms with E-state index < -0.39 is 10.0 Å². The molecule has 5 heteroatoms. The molecule has 23 heavy (non-hydrogen) atoms. The third-order valence-corrected chi connectivity index (χ3v) is 6.49. The van der Waals surface area contributed by atoms with Gasteiger partial charge in [-0.1, -0.05) is 38.5 Å². The van der Waals surface area contributed by atoms with Crippen LogP contribution in [0.5, 0.6) is 5.75 Å². The molecule has 2 atom stereocenters. The summed E-state index contributed by atoms with van der Waals surface area (Å²) in [6, 6.07) is 9.72. The first-order valence-corrected chi connectivity index (χ1v) is 10.3. The van der Waals surface area contributed by atoms with E-state index in [1.807, 2.05) is 37.3 Å². The largest absolute Gasteiger partial charge is 0.493 e. The Morgan fingerprint density at radius 2 is 2.04 bits per heavy atom. The van der Waals surface area contributed by atoms with Crippen LogP contribution in [0, 0.1) is 11.8 Å². The fourth-order valence-electron chi connectivity index (χ4n) is 3.19. The van der Waals surface area contributed by atoms with Crippen molar-refractivity contribution >= 4 is 10.0 Å². The van der Waals surface area contributed by atoms with Gasteiger partial charge in [0.25, 0.3) is 0 Å². The number of piperidine rings is 1. The summed E-state index contributed by atoms with van der Waals surface area (Å²) >= 11 is 0. The molecule has 1 aromatic rings. The van der Waals surface area contributed by atoms with E-state index in [2.05, 4.69) is 6.92 Å². The summed E-state index contributed by atoms with van der Waals surface area (Å²) in [5.74, 6) is 1.63. The van der Waals surface area contributed by atoms with Crippen LogP contribution in [0.2, 0.25) is 0 Å². The van der Waals surface area contributed by atoms with Crippen molar-refractivity contribution in [3.63, 3.8) is 0 Å². The summed E-state index contributed by atoms with van der Waals surface area (Å²) in [5.41, 5.74) is 0. The van der Waals surface area contributed by atoms with Crippen LogP contribution in [0.4, 0.5) is 0 Å². The quantitative estimate of drug-likeness (QED) is 0.728. The predicted molar refractivity (Wildman–Crippen MR) is 94.1 cm³/mol. The Morgan fingerprint density at radius 1 is 1.30 bits per heavy atom. The molecule has 0 bridgehead atoms. The molecule has 1 heterocycles. The molecular weight excluding hydrogens is 310 g/mol. The molecule has 0 N–H and O–H groups in total. The standard InChI is InChI=1S/C18H29NO3S/c1-3-8-16(2)15-23(20,21)19-12-7-9-17(13-19)14-22-18-10-5-4-6-11-18/h4-6,10-11,16-17H,3,7-9,12-15H2,1-2H3. The lowest BCUT2D eigenvalue weighted by molar-refractivity contribution is 0.180. The second-order valence-electron chi connectivity index (χ2n) is 6.66. The van der Waals surface area contributed by atoms with Crippen LogP contribution in [-0.4, -0.2) is 38.2 Å². The first kappa shape index (κ1) is 18.3. The zero-order valence-electron chi connectivity index (χ0n) is 14.3. The molecule has 0 aromatic heterocycles. The SMILES string of the molecule is CCCC(C)CS(=O)(=O)N1CCCC(COc2ccccc2)C1. The maximum absolute atomic E-state index is 12.6. The van der Waals surface area contributed by atoms with Crippen molar-refractivity contribution in [2.24, 2.45) is 11.8 Å². The Kier molecular flexibility index (Phi) is 6.90. The van der Waals surface area contributed by atoms with E-state index in [0.29, 0.717) is 19.7 Å². The maximum atomic E-state index is 12.6. The van der Waals surface area contributed by atoms with E-state index in [1.54, 1.807) is 4.31 Å². The van der Waals surface area contributed by atoms with Crippen LogP contribution in [-0.2, 0) is 10.0 Å². The average molecular weight is 340 g/mol. The Bertz CT molecular complexity index is 559. The minimum atomic E-state index is -3.14. The molecular formula is C18H29NO3S. The molecule has 0 aliphatic carbocycles. The van der Waals surface area contributed by atoms with Crippen molar-refractivity contribution in [3.8, 4) is 5.75 Å². The molecule has 2 rings (SSSR count). The van der Waals surface area contributed by atoms with Crippen molar-refractivity contribution in [2.45, 2.75) is 39.5 Å². The van der Waals surface area contributed by atoms with E-state index in [-0.39, 0.29) is 17.6 Å². The highest BCUT2D eigenvalue weighted by atomic mass is 32.2. The molecule has 1 aliphatic rings. The Balaban J connectivity index is 1.87. The molecule has 1 aliphatic heterocycles. The van der Waals surface area contributed by atoms with Crippen molar-refractivity contribution < 1.29 is 13.2 Å². The molecule has 0 amide bonds. The summed E-state index contributed by atoms with van der Waals surface area (Å²) in [6.45, 7) is 5.96. The van der Waals surface area contributed by atoms with Gasteiger partial charge in [0.1, 0.15) is 5.75 Å². The zero-order chi connectivity index (χ0) is 16.7. The molecule has 130 valence electrons. The first-order valence-electron chi connectivity index (χ1n) is 8.67. The molecule has 1 aromatic carbocycles. The zero-order valence-corrected chi connectivity index (χ0v) is 15.1. The van der Waals surface area contributed by atoms with Crippen LogP contribution in [0.25, 0.3) is 0 Å². The van der Waals surface area contributed by atoms with Gasteiger partial charge in [0.2, 0.25) is 10.0 Å². The van der Waals surface area contributed by atoms with Gasteiger partial charge in [0.05, 0.1) is 12.4 Å². The Hall–Kier alpha value is -1.07. The Morgan fingerprint density at radius 3 is 2.74 bits per heavy atom. The van der Waals surface area contributed by atoms with Crippen molar-refractivity contribution in [2.75, 3.05) is 25.4 Å².